The van der Waals surface area contributed by atoms with Crippen molar-refractivity contribution < 1.29 is 9.36 Å². The number of hydrogen-bond donors (Lipinski definition) is 0. The first-order chi connectivity index (χ1) is 8.15. The SMILES string of the molecule is C[CH]CCC1=NOC(c2c(C)noc2C)N1Cl. The molecule has 0 spiro atoms. The topological polar surface area (TPSA) is 50.9 Å². The Morgan fingerprint density at radius 3 is 2.82 bits per heavy atom. The van der Waals surface area contributed by atoms with Gasteiger partial charge in [0.1, 0.15) is 5.76 Å². The molecule has 0 saturated carbocycles. The minimum Gasteiger partial charge on any atom is -0.362 e. The number of amidine groups is 1. The summed E-state index contributed by atoms with van der Waals surface area (Å²) in [7, 11) is 0. The summed E-state index contributed by atoms with van der Waals surface area (Å²) in [4.78, 5) is 5.35. The van der Waals surface area contributed by atoms with Crippen LogP contribution >= 0.6 is 11.8 Å². The third-order valence-corrected chi connectivity index (χ3v) is 3.07. The summed E-state index contributed by atoms with van der Waals surface area (Å²) in [5.74, 6) is 1.44. The Bertz CT molecular complexity index is 411. The van der Waals surface area contributed by atoms with Crippen molar-refractivity contribution in [2.45, 2.75) is 39.8 Å². The van der Waals surface area contributed by atoms with E-state index in [1.165, 1.54) is 4.42 Å². The molecule has 0 aromatic carbocycles. The van der Waals surface area contributed by atoms with Crippen LogP contribution in [0.5, 0.6) is 0 Å². The van der Waals surface area contributed by atoms with Gasteiger partial charge in [0, 0.05) is 18.2 Å². The van der Waals surface area contributed by atoms with Gasteiger partial charge in [-0.3, -0.25) is 0 Å². The number of rotatable bonds is 4. The van der Waals surface area contributed by atoms with Crippen molar-refractivity contribution in [2.75, 3.05) is 0 Å². The van der Waals surface area contributed by atoms with Crippen LogP contribution in [0.3, 0.4) is 0 Å². The van der Waals surface area contributed by atoms with E-state index in [2.05, 4.69) is 16.7 Å². The molecule has 1 aliphatic rings. The Morgan fingerprint density at radius 1 is 1.47 bits per heavy atom. The molecule has 1 aliphatic heterocycles. The second kappa shape index (κ2) is 4.96. The molecule has 0 fully saturated rings. The molecular formula is C11H15ClN3O2. The van der Waals surface area contributed by atoms with E-state index >= 15 is 0 Å². The summed E-state index contributed by atoms with van der Waals surface area (Å²) in [5, 5.41) is 7.88. The lowest BCUT2D eigenvalue weighted by molar-refractivity contribution is 0.0382. The average Bonchev–Trinajstić information content (AvgIpc) is 2.81. The van der Waals surface area contributed by atoms with Gasteiger partial charge in [0.05, 0.1) is 11.3 Å². The Kier molecular flexibility index (Phi) is 3.57. The fraction of sp³-hybridized carbons (Fsp3) is 0.545. The van der Waals surface area contributed by atoms with Crippen molar-refractivity contribution in [3.63, 3.8) is 0 Å². The van der Waals surface area contributed by atoms with Crippen LogP contribution < -0.4 is 0 Å². The predicted octanol–water partition coefficient (Wildman–Crippen LogP) is 3.09. The van der Waals surface area contributed by atoms with Crippen molar-refractivity contribution in [3.8, 4) is 0 Å². The molecule has 0 aliphatic carbocycles. The Labute approximate surface area is 105 Å². The van der Waals surface area contributed by atoms with Crippen molar-refractivity contribution >= 4 is 17.6 Å². The van der Waals surface area contributed by atoms with E-state index in [0.717, 1.165) is 29.9 Å². The van der Waals surface area contributed by atoms with Crippen LogP contribution in [0.1, 0.15) is 43.0 Å². The Hall–Kier alpha value is -1.23. The first-order valence-electron chi connectivity index (χ1n) is 5.53. The maximum absolute atomic E-state index is 6.21. The highest BCUT2D eigenvalue weighted by Crippen LogP contribution is 2.34. The van der Waals surface area contributed by atoms with Gasteiger partial charge in [0.15, 0.2) is 5.84 Å². The van der Waals surface area contributed by atoms with Crippen LogP contribution in [0.4, 0.5) is 0 Å². The molecule has 1 unspecified atom stereocenters. The fourth-order valence-electron chi connectivity index (χ4n) is 1.76. The number of aromatic nitrogens is 1. The van der Waals surface area contributed by atoms with Crippen LogP contribution in [0.2, 0.25) is 0 Å². The van der Waals surface area contributed by atoms with Gasteiger partial charge in [-0.1, -0.05) is 17.2 Å². The van der Waals surface area contributed by atoms with E-state index < -0.39 is 6.23 Å². The van der Waals surface area contributed by atoms with E-state index in [1.807, 2.05) is 20.8 Å². The molecule has 0 bridgehead atoms. The molecule has 6 heteroatoms. The fourth-order valence-corrected chi connectivity index (χ4v) is 2.01. The van der Waals surface area contributed by atoms with Crippen molar-refractivity contribution in [2.24, 2.45) is 5.16 Å². The van der Waals surface area contributed by atoms with Crippen LogP contribution in [0.15, 0.2) is 9.68 Å². The van der Waals surface area contributed by atoms with Crippen molar-refractivity contribution in [1.82, 2.24) is 9.58 Å². The highest BCUT2D eigenvalue weighted by Gasteiger charge is 2.34. The standard InChI is InChI=1S/C11H15ClN3O2/c1-4-5-6-9-14-17-11(15(9)12)10-7(2)13-16-8(10)3/h4,11H,5-6H2,1-3H3. The van der Waals surface area contributed by atoms with Gasteiger partial charge in [-0.05, 0) is 26.7 Å². The highest BCUT2D eigenvalue weighted by molar-refractivity contribution is 6.22. The molecule has 0 saturated heterocycles. The van der Waals surface area contributed by atoms with Crippen molar-refractivity contribution in [1.29, 1.82) is 0 Å². The van der Waals surface area contributed by atoms with Gasteiger partial charge in [-0.2, -0.15) is 0 Å². The number of hydrogen-bond acceptors (Lipinski definition) is 5. The normalized spacial score (nSPS) is 19.4. The van der Waals surface area contributed by atoms with Crippen LogP contribution in [0, 0.1) is 20.3 Å². The average molecular weight is 257 g/mol. The molecular weight excluding hydrogens is 242 g/mol. The Balaban J connectivity index is 2.12. The minimum absolute atomic E-state index is 0.435. The number of halogens is 1. The summed E-state index contributed by atoms with van der Waals surface area (Å²) in [6.45, 7) is 5.69. The largest absolute Gasteiger partial charge is 0.362 e. The van der Waals surface area contributed by atoms with Gasteiger partial charge in [0.2, 0.25) is 6.23 Å². The second-order valence-corrected chi connectivity index (χ2v) is 4.33. The van der Waals surface area contributed by atoms with Crippen molar-refractivity contribution in [3.05, 3.63) is 23.4 Å². The number of nitrogens with zero attached hydrogens (tertiary/aromatic N) is 3. The molecule has 1 aromatic rings. The summed E-state index contributed by atoms with van der Waals surface area (Å²) >= 11 is 6.21. The molecule has 5 nitrogen and oxygen atoms in total. The first kappa shape index (κ1) is 12.2. The summed E-state index contributed by atoms with van der Waals surface area (Å²) in [6, 6.07) is 0. The van der Waals surface area contributed by atoms with Gasteiger partial charge >= 0.3 is 0 Å². The molecule has 1 aromatic heterocycles. The summed E-state index contributed by atoms with van der Waals surface area (Å²) in [6.07, 6.45) is 3.31. The maximum atomic E-state index is 6.21. The van der Waals surface area contributed by atoms with E-state index in [-0.39, 0.29) is 0 Å². The summed E-state index contributed by atoms with van der Waals surface area (Å²) < 4.78 is 6.61. The zero-order chi connectivity index (χ0) is 12.4. The lowest BCUT2D eigenvalue weighted by Crippen LogP contribution is -2.21. The monoisotopic (exact) mass is 256 g/mol. The lowest BCUT2D eigenvalue weighted by atomic mass is 10.1. The Morgan fingerprint density at radius 2 is 2.24 bits per heavy atom. The van der Waals surface area contributed by atoms with Gasteiger partial charge < -0.3 is 9.36 Å². The van der Waals surface area contributed by atoms with E-state index in [9.17, 15) is 0 Å². The van der Waals surface area contributed by atoms with Gasteiger partial charge in [-0.25, -0.2) is 4.42 Å². The van der Waals surface area contributed by atoms with Crippen LogP contribution in [-0.4, -0.2) is 15.4 Å². The molecule has 0 N–H and O–H groups in total. The predicted molar refractivity (Wildman–Crippen MR) is 64.1 cm³/mol. The molecule has 1 atom stereocenters. The molecule has 2 heterocycles. The molecule has 93 valence electrons. The molecule has 17 heavy (non-hydrogen) atoms. The number of aryl methyl sites for hydroxylation is 2. The quantitative estimate of drug-likeness (QED) is 0.777. The minimum atomic E-state index is -0.435. The summed E-state index contributed by atoms with van der Waals surface area (Å²) in [5.41, 5.74) is 1.62. The van der Waals surface area contributed by atoms with E-state index in [4.69, 9.17) is 21.1 Å². The highest BCUT2D eigenvalue weighted by atomic mass is 35.5. The molecule has 0 amide bonds. The third-order valence-electron chi connectivity index (χ3n) is 2.70. The van der Waals surface area contributed by atoms with Crippen LogP contribution in [0.25, 0.3) is 0 Å². The van der Waals surface area contributed by atoms with E-state index in [0.29, 0.717) is 5.76 Å². The lowest BCUT2D eigenvalue weighted by Gasteiger charge is -2.16. The number of oxime groups is 1. The van der Waals surface area contributed by atoms with E-state index in [1.54, 1.807) is 0 Å². The molecule has 2 rings (SSSR count). The van der Waals surface area contributed by atoms with Gasteiger partial charge in [-0.15, -0.1) is 0 Å². The van der Waals surface area contributed by atoms with Gasteiger partial charge in [0.25, 0.3) is 0 Å². The van der Waals surface area contributed by atoms with Crippen LogP contribution in [-0.2, 0) is 4.84 Å². The zero-order valence-electron chi connectivity index (χ0n) is 10.1. The maximum Gasteiger partial charge on any atom is 0.245 e. The number of unbranched alkanes of at least 4 members (excludes halogenated alkanes) is 1. The smallest absolute Gasteiger partial charge is 0.245 e. The zero-order valence-corrected chi connectivity index (χ0v) is 10.9. The molecule has 1 radical (unpaired) electrons. The third kappa shape index (κ3) is 2.24. The second-order valence-electron chi connectivity index (χ2n) is 3.96. The first-order valence-corrected chi connectivity index (χ1v) is 5.87.